The first-order chi connectivity index (χ1) is 35.4. The fourth-order valence-electron chi connectivity index (χ4n) is 9.71. The second kappa shape index (κ2) is 25.2. The van der Waals surface area contributed by atoms with Crippen molar-refractivity contribution in [3.8, 4) is 44.5 Å². The van der Waals surface area contributed by atoms with Gasteiger partial charge in [0.25, 0.3) is 0 Å². The number of hydrogen-bond donors (Lipinski definition) is 2. The van der Waals surface area contributed by atoms with Gasteiger partial charge in [-0.25, -0.2) is 9.97 Å². The number of hydrogen-bond acceptors (Lipinski definition) is 10. The van der Waals surface area contributed by atoms with Gasteiger partial charge in [-0.15, -0.1) is 0 Å². The Labute approximate surface area is 559 Å². The van der Waals surface area contributed by atoms with E-state index < -0.39 is 56.2 Å². The minimum Gasteiger partial charge on any atom is -0.545 e. The number of nitrogens with one attached hydrogen (secondary N) is 2. The third-order valence-electron chi connectivity index (χ3n) is 14.0. The van der Waals surface area contributed by atoms with Crippen LogP contribution in [-0.2, 0) is 0 Å². The van der Waals surface area contributed by atoms with E-state index in [0.29, 0.717) is 89.4 Å². The van der Waals surface area contributed by atoms with E-state index in [1.165, 1.54) is 0 Å². The molecule has 0 saturated carbocycles. The van der Waals surface area contributed by atoms with Gasteiger partial charge in [0.05, 0.1) is 78.9 Å². The van der Waals surface area contributed by atoms with Crippen molar-refractivity contribution in [3.63, 3.8) is 0 Å². The Morgan fingerprint density at radius 3 is 0.675 bits per heavy atom. The summed E-state index contributed by atoms with van der Waals surface area (Å²) in [5.74, 6) is -5.33. The van der Waals surface area contributed by atoms with Crippen LogP contribution in [-0.4, -0.2) is 76.1 Å². The van der Waals surface area contributed by atoms with Gasteiger partial charge in [-0.3, -0.25) is 0 Å². The van der Waals surface area contributed by atoms with Crippen molar-refractivity contribution in [2.45, 2.75) is 78.6 Å². The number of aromatic nitrogens is 4. The number of fused-ring (bicyclic) bond motifs is 8. The quantitative estimate of drug-likeness (QED) is 0.111. The molecule has 3 aromatic heterocycles. The predicted molar refractivity (Wildman–Crippen MR) is 310 cm³/mol. The maximum absolute atomic E-state index is 12.8. The average Bonchev–Trinajstić information content (AvgIpc) is 4.18. The Kier molecular flexibility index (Phi) is 21.1. The van der Waals surface area contributed by atoms with E-state index in [1.54, 1.807) is 48.5 Å². The van der Waals surface area contributed by atoms with Gasteiger partial charge in [0, 0.05) is 44.3 Å². The van der Waals surface area contributed by atoms with Crippen molar-refractivity contribution in [2.24, 2.45) is 0 Å². The first-order valence-corrected chi connectivity index (χ1v) is 39.1. The molecule has 386 valence electrons. The van der Waals surface area contributed by atoms with Gasteiger partial charge in [0.15, 0.2) is 0 Å². The number of rotatable bonds is 12. The van der Waals surface area contributed by atoms with Gasteiger partial charge < -0.3 is 49.6 Å². The van der Waals surface area contributed by atoms with E-state index in [2.05, 4.69) is 88.5 Å². The van der Waals surface area contributed by atoms with Crippen LogP contribution in [0.2, 0.25) is 78.6 Å². The topological polar surface area (TPSA) is 218 Å². The molecule has 5 heterocycles. The van der Waals surface area contributed by atoms with Crippen molar-refractivity contribution < 1.29 is 158 Å². The van der Waals surface area contributed by atoms with Gasteiger partial charge in [-0.1, -0.05) is 148 Å². The van der Waals surface area contributed by atoms with Crippen LogP contribution in [0.3, 0.4) is 0 Å². The number of carboxylic acids is 4. The predicted octanol–water partition coefficient (Wildman–Crippen LogP) is -5.03. The Hall–Kier alpha value is -3.77. The first-order valence-electron chi connectivity index (χ1n) is 25.1. The average molecular weight is 1170 g/mol. The van der Waals surface area contributed by atoms with Crippen molar-refractivity contribution in [2.75, 3.05) is 0 Å². The molecule has 0 amide bonds. The maximum Gasteiger partial charge on any atom is 1.00 e. The van der Waals surface area contributed by atoms with Crippen molar-refractivity contribution >= 4 is 123 Å². The zero-order valence-electron chi connectivity index (χ0n) is 48.7. The van der Waals surface area contributed by atoms with E-state index in [0.717, 1.165) is 20.7 Å². The molecular formula is C60H58N4Na4O8Si4. The van der Waals surface area contributed by atoms with E-state index in [1.807, 2.05) is 72.8 Å². The largest absolute Gasteiger partial charge is 1.00 e. The van der Waals surface area contributed by atoms with Crippen LogP contribution < -0.4 is 159 Å². The monoisotopic (exact) mass is 1170 g/mol. The van der Waals surface area contributed by atoms with Crippen LogP contribution in [0, 0.1) is 0 Å². The van der Waals surface area contributed by atoms with Crippen LogP contribution in [0.25, 0.3) is 90.9 Å². The number of benzene rings is 4. The number of aromatic carboxylic acids is 4. The van der Waals surface area contributed by atoms with Crippen molar-refractivity contribution in [1.82, 2.24) is 19.9 Å². The molecule has 2 aliphatic heterocycles. The van der Waals surface area contributed by atoms with Gasteiger partial charge in [-0.05, 0) is 117 Å². The molecule has 0 atom stereocenters. The Bertz CT molecular complexity index is 3430. The molecule has 7 aromatic rings. The number of carboxylic acid groups (broad SMARTS) is 4. The molecular weight excluding hydrogens is 1110 g/mol. The minimum atomic E-state index is -2.19. The van der Waals surface area contributed by atoms with Gasteiger partial charge >= 0.3 is 118 Å². The van der Waals surface area contributed by atoms with E-state index in [-0.39, 0.29) is 140 Å². The van der Waals surface area contributed by atoms with Crippen molar-refractivity contribution in [1.29, 1.82) is 0 Å². The summed E-state index contributed by atoms with van der Waals surface area (Å²) >= 11 is 0. The fourth-order valence-corrected chi connectivity index (χ4v) is 14.4. The molecule has 0 aliphatic carbocycles. The summed E-state index contributed by atoms with van der Waals surface area (Å²) in [4.78, 5) is 69.4. The number of carbonyl (C=O) groups is 4. The van der Waals surface area contributed by atoms with Gasteiger partial charge in [0.1, 0.15) is 0 Å². The molecule has 0 saturated heterocycles. The normalized spacial score (nSPS) is 12.2. The molecule has 9 rings (SSSR count). The summed E-state index contributed by atoms with van der Waals surface area (Å²) in [5.41, 5.74) is 8.64. The molecule has 2 N–H and O–H groups in total. The Morgan fingerprint density at radius 1 is 0.325 bits per heavy atom. The molecule has 4 aromatic carbocycles. The third kappa shape index (κ3) is 14.1. The Balaban J connectivity index is 0.00000294. The molecule has 0 fully saturated rings. The zero-order chi connectivity index (χ0) is 55.1. The standard InChI is InChI=1S/C60H62N4O8Si4.4Na/c1-73(2,3)41-25-33(21-37(29-41)57(65)66)53-45-13-15-47(61-45)54(34-22-38(58(67)68)30-42(26-34)74(4,5)6)49-17-19-51(63-49)56(36-24-40(60(71)72)32-44(28-36)76(10,11)12)52-20-18-50(64-52)55(48-16-14-46(53)62-48)35-23-39(59(69)70)31-43(27-35)75(7,8)9;;;;/h13-32,61,64H,1-12H3,(H,65,66)(H,67,68)(H,69,70)(H,71,72);;;;/q;4*+1/p-4. The van der Waals surface area contributed by atoms with Crippen LogP contribution >= 0.6 is 0 Å². The van der Waals surface area contributed by atoms with Crippen LogP contribution in [0.1, 0.15) is 64.2 Å². The van der Waals surface area contributed by atoms with Crippen LogP contribution in [0.4, 0.5) is 0 Å². The molecule has 12 nitrogen and oxygen atoms in total. The summed E-state index contributed by atoms with van der Waals surface area (Å²) < 4.78 is 0. The smallest absolute Gasteiger partial charge is 0.545 e. The zero-order valence-corrected chi connectivity index (χ0v) is 60.7. The molecule has 0 unspecified atom stereocenters. The molecule has 80 heavy (non-hydrogen) atoms. The van der Waals surface area contributed by atoms with Crippen molar-refractivity contribution in [3.05, 3.63) is 142 Å². The third-order valence-corrected chi connectivity index (χ3v) is 22.1. The van der Waals surface area contributed by atoms with Gasteiger partial charge in [-0.2, -0.15) is 0 Å². The Morgan fingerprint density at radius 2 is 0.512 bits per heavy atom. The fraction of sp³-hybridized carbons (Fsp3) is 0.200. The minimum absolute atomic E-state index is 0. The molecule has 0 spiro atoms. The first kappa shape index (κ1) is 67.0. The number of carbonyl (C=O) groups excluding carboxylic acids is 4. The molecule has 8 bridgehead atoms. The van der Waals surface area contributed by atoms with Gasteiger partial charge in [0.2, 0.25) is 0 Å². The number of H-pyrrole nitrogens is 2. The number of nitrogens with zero attached hydrogens (tertiary/aromatic N) is 2. The van der Waals surface area contributed by atoms with E-state index >= 15 is 0 Å². The van der Waals surface area contributed by atoms with Crippen LogP contribution in [0.5, 0.6) is 0 Å². The van der Waals surface area contributed by atoms with E-state index in [9.17, 15) is 39.6 Å². The molecule has 0 radical (unpaired) electrons. The molecule has 20 heteroatoms. The second-order valence-electron chi connectivity index (χ2n) is 23.8. The summed E-state index contributed by atoms with van der Waals surface area (Å²) in [6.07, 6.45) is 7.42. The van der Waals surface area contributed by atoms with Crippen LogP contribution in [0.15, 0.2) is 97.1 Å². The second-order valence-corrected chi connectivity index (χ2v) is 44.2. The maximum atomic E-state index is 12.8. The summed E-state index contributed by atoms with van der Waals surface area (Å²) in [5, 5.41) is 54.8. The molecule has 2 aliphatic rings. The number of aromatic amines is 2. The SMILES string of the molecule is C[Si](C)(C)c1cc(C(=O)[O-])cc(-c2c3nc(c(-c4cc(C(=O)[O-])cc([Si](C)(C)C)c4)c4ccc([nH]4)c(-c4cc(C(=O)[O-])cc([Si](C)(C)C)c4)c4nc(c(-c5cc(C(=O)[O-])cc([Si](C)(C)C)c5)c5ccc2[nH]5)C=C4)C=C3)c1.[Na+].[Na+].[Na+].[Na+]. The summed E-state index contributed by atoms with van der Waals surface area (Å²) in [6.45, 7) is 25.6. The summed E-state index contributed by atoms with van der Waals surface area (Å²) in [6, 6.07) is 28.6. The van der Waals surface area contributed by atoms with E-state index in [4.69, 9.17) is 9.97 Å². The summed E-state index contributed by atoms with van der Waals surface area (Å²) in [7, 11) is -8.75.